The number of nitrogens with one attached hydrogen (secondary N) is 1. The predicted octanol–water partition coefficient (Wildman–Crippen LogP) is 1.19. The van der Waals surface area contributed by atoms with Gasteiger partial charge in [-0.1, -0.05) is 6.08 Å². The van der Waals surface area contributed by atoms with Crippen molar-refractivity contribution in [2.75, 3.05) is 25.1 Å². The Morgan fingerprint density at radius 1 is 1.59 bits per heavy atom. The average molecular weight is 235 g/mol. The van der Waals surface area contributed by atoms with Crippen LogP contribution in [0.2, 0.25) is 0 Å². The van der Waals surface area contributed by atoms with Crippen molar-refractivity contribution in [1.29, 1.82) is 0 Å². The molecule has 17 heavy (non-hydrogen) atoms. The highest BCUT2D eigenvalue weighted by atomic mass is 16.5. The van der Waals surface area contributed by atoms with E-state index >= 15 is 0 Å². The van der Waals surface area contributed by atoms with Crippen LogP contribution in [0.1, 0.15) is 16.8 Å². The summed E-state index contributed by atoms with van der Waals surface area (Å²) in [6, 6.07) is 3.31. The first kappa shape index (κ1) is 13.2. The molecular weight excluding hydrogens is 218 g/mol. The van der Waals surface area contributed by atoms with Gasteiger partial charge >= 0.3 is 0 Å². The van der Waals surface area contributed by atoms with Crippen molar-refractivity contribution in [3.8, 4) is 0 Å². The van der Waals surface area contributed by atoms with Crippen LogP contribution in [0.5, 0.6) is 0 Å². The lowest BCUT2D eigenvalue weighted by atomic mass is 10.2. The SMILES string of the molecule is C=CCCOCCNc1ncccc1C(N)=O. The zero-order valence-corrected chi connectivity index (χ0v) is 9.69. The van der Waals surface area contributed by atoms with Gasteiger partial charge in [-0.2, -0.15) is 0 Å². The summed E-state index contributed by atoms with van der Waals surface area (Å²) in [6.07, 6.45) is 4.24. The predicted molar refractivity (Wildman–Crippen MR) is 66.9 cm³/mol. The van der Waals surface area contributed by atoms with Gasteiger partial charge in [-0.05, 0) is 18.6 Å². The fourth-order valence-corrected chi connectivity index (χ4v) is 1.26. The Kier molecular flexibility index (Phi) is 5.74. The quantitative estimate of drug-likeness (QED) is 0.524. The molecular formula is C12H17N3O2. The van der Waals surface area contributed by atoms with Crippen molar-refractivity contribution in [2.45, 2.75) is 6.42 Å². The van der Waals surface area contributed by atoms with Crippen LogP contribution in [0.15, 0.2) is 31.0 Å². The number of primary amides is 1. The van der Waals surface area contributed by atoms with Crippen LogP contribution in [0, 0.1) is 0 Å². The number of pyridine rings is 1. The molecule has 92 valence electrons. The van der Waals surface area contributed by atoms with Crippen LogP contribution in [0.4, 0.5) is 5.82 Å². The molecule has 0 radical (unpaired) electrons. The van der Waals surface area contributed by atoms with Gasteiger partial charge in [-0.3, -0.25) is 4.79 Å². The Balaban J connectivity index is 2.36. The normalized spacial score (nSPS) is 9.88. The number of nitrogens with zero attached hydrogens (tertiary/aromatic N) is 1. The molecule has 0 aromatic carbocycles. The maximum atomic E-state index is 11.1. The molecule has 0 aliphatic heterocycles. The molecule has 0 unspecified atom stereocenters. The fourth-order valence-electron chi connectivity index (χ4n) is 1.26. The number of rotatable bonds is 8. The van der Waals surface area contributed by atoms with E-state index in [1.165, 1.54) is 0 Å². The largest absolute Gasteiger partial charge is 0.379 e. The summed E-state index contributed by atoms with van der Waals surface area (Å²) in [6.45, 7) is 5.37. The Morgan fingerprint density at radius 3 is 3.12 bits per heavy atom. The first-order valence-corrected chi connectivity index (χ1v) is 5.43. The van der Waals surface area contributed by atoms with E-state index in [0.717, 1.165) is 6.42 Å². The lowest BCUT2D eigenvalue weighted by molar-refractivity contribution is 0.100. The minimum atomic E-state index is -0.492. The summed E-state index contributed by atoms with van der Waals surface area (Å²) < 4.78 is 5.32. The lowest BCUT2D eigenvalue weighted by Gasteiger charge is -2.08. The lowest BCUT2D eigenvalue weighted by Crippen LogP contribution is -2.17. The van der Waals surface area contributed by atoms with E-state index in [1.54, 1.807) is 24.4 Å². The van der Waals surface area contributed by atoms with Gasteiger partial charge in [0.25, 0.3) is 5.91 Å². The van der Waals surface area contributed by atoms with Gasteiger partial charge in [0.2, 0.25) is 0 Å². The van der Waals surface area contributed by atoms with Crippen molar-refractivity contribution in [1.82, 2.24) is 4.98 Å². The third-order valence-electron chi connectivity index (χ3n) is 2.08. The number of hydrogen-bond donors (Lipinski definition) is 2. The molecule has 0 spiro atoms. The molecule has 1 heterocycles. The standard InChI is InChI=1S/C12H17N3O2/c1-2-3-8-17-9-7-15-12-10(11(13)16)5-4-6-14-12/h2,4-6H,1,3,7-9H2,(H2,13,16)(H,14,15). The summed E-state index contributed by atoms with van der Waals surface area (Å²) >= 11 is 0. The molecule has 0 aliphatic rings. The summed E-state index contributed by atoms with van der Waals surface area (Å²) in [7, 11) is 0. The number of ether oxygens (including phenoxy) is 1. The van der Waals surface area contributed by atoms with Gasteiger partial charge in [0.1, 0.15) is 5.82 Å². The molecule has 0 atom stereocenters. The average Bonchev–Trinajstić information content (AvgIpc) is 2.34. The monoisotopic (exact) mass is 235 g/mol. The number of nitrogens with two attached hydrogens (primary N) is 1. The number of anilines is 1. The second-order valence-corrected chi connectivity index (χ2v) is 3.38. The van der Waals surface area contributed by atoms with Gasteiger partial charge in [0.15, 0.2) is 0 Å². The summed E-state index contributed by atoms with van der Waals surface area (Å²) in [4.78, 5) is 15.1. The van der Waals surface area contributed by atoms with Gasteiger partial charge in [0.05, 0.1) is 18.8 Å². The van der Waals surface area contributed by atoms with Crippen molar-refractivity contribution < 1.29 is 9.53 Å². The Labute approximate surface area is 101 Å². The number of hydrogen-bond acceptors (Lipinski definition) is 4. The minimum Gasteiger partial charge on any atom is -0.379 e. The highest BCUT2D eigenvalue weighted by Crippen LogP contribution is 2.09. The van der Waals surface area contributed by atoms with Gasteiger partial charge in [0, 0.05) is 12.7 Å². The van der Waals surface area contributed by atoms with Gasteiger partial charge < -0.3 is 15.8 Å². The fraction of sp³-hybridized carbons (Fsp3) is 0.333. The van der Waals surface area contributed by atoms with E-state index in [1.807, 2.05) is 0 Å². The molecule has 5 nitrogen and oxygen atoms in total. The highest BCUT2D eigenvalue weighted by molar-refractivity contribution is 5.97. The van der Waals surface area contributed by atoms with Crippen LogP contribution in [-0.4, -0.2) is 30.6 Å². The summed E-state index contributed by atoms with van der Waals surface area (Å²) in [5, 5.41) is 3.01. The van der Waals surface area contributed by atoms with Crippen LogP contribution >= 0.6 is 0 Å². The molecule has 1 rings (SSSR count). The molecule has 1 aromatic heterocycles. The van der Waals surface area contributed by atoms with Gasteiger partial charge in [-0.25, -0.2) is 4.98 Å². The van der Waals surface area contributed by atoms with E-state index in [4.69, 9.17) is 10.5 Å². The number of amides is 1. The maximum Gasteiger partial charge on any atom is 0.252 e. The third-order valence-corrected chi connectivity index (χ3v) is 2.08. The van der Waals surface area contributed by atoms with Crippen LogP contribution in [0.3, 0.4) is 0 Å². The maximum absolute atomic E-state index is 11.1. The molecule has 3 N–H and O–H groups in total. The second kappa shape index (κ2) is 7.40. The molecule has 1 amide bonds. The first-order valence-electron chi connectivity index (χ1n) is 5.43. The van der Waals surface area contributed by atoms with Crippen LogP contribution in [0.25, 0.3) is 0 Å². The summed E-state index contributed by atoms with van der Waals surface area (Å²) in [5.74, 6) is 0.000460. The molecule has 0 saturated heterocycles. The van der Waals surface area contributed by atoms with E-state index < -0.39 is 5.91 Å². The van der Waals surface area contributed by atoms with Crippen molar-refractivity contribution >= 4 is 11.7 Å². The molecule has 0 saturated carbocycles. The van der Waals surface area contributed by atoms with Crippen molar-refractivity contribution in [3.63, 3.8) is 0 Å². The van der Waals surface area contributed by atoms with Crippen molar-refractivity contribution in [2.24, 2.45) is 5.73 Å². The topological polar surface area (TPSA) is 77.2 Å². The smallest absolute Gasteiger partial charge is 0.252 e. The van der Waals surface area contributed by atoms with E-state index in [-0.39, 0.29) is 0 Å². The second-order valence-electron chi connectivity index (χ2n) is 3.38. The molecule has 0 fully saturated rings. The van der Waals surface area contributed by atoms with Crippen molar-refractivity contribution in [3.05, 3.63) is 36.5 Å². The van der Waals surface area contributed by atoms with Crippen LogP contribution < -0.4 is 11.1 Å². The molecule has 5 heteroatoms. The van der Waals surface area contributed by atoms with Gasteiger partial charge in [-0.15, -0.1) is 6.58 Å². The third kappa shape index (κ3) is 4.65. The highest BCUT2D eigenvalue weighted by Gasteiger charge is 2.07. The Hall–Kier alpha value is -1.88. The van der Waals surface area contributed by atoms with E-state index in [0.29, 0.717) is 31.1 Å². The number of carbonyl (C=O) groups is 1. The number of aromatic nitrogens is 1. The number of carbonyl (C=O) groups excluding carboxylic acids is 1. The molecule has 0 aliphatic carbocycles. The van der Waals surface area contributed by atoms with E-state index in [2.05, 4.69) is 16.9 Å². The Morgan fingerprint density at radius 2 is 2.41 bits per heavy atom. The zero-order valence-electron chi connectivity index (χ0n) is 9.69. The molecule has 0 bridgehead atoms. The molecule has 1 aromatic rings. The Bertz CT molecular complexity index is 380. The zero-order chi connectivity index (χ0) is 12.5. The first-order chi connectivity index (χ1) is 8.25. The van der Waals surface area contributed by atoms with Crippen LogP contribution in [-0.2, 0) is 4.74 Å². The summed E-state index contributed by atoms with van der Waals surface area (Å²) in [5.41, 5.74) is 5.61. The van der Waals surface area contributed by atoms with E-state index in [9.17, 15) is 4.79 Å². The minimum absolute atomic E-state index is 0.388.